The van der Waals surface area contributed by atoms with Crippen molar-refractivity contribution in [2.45, 2.75) is 26.8 Å². The first-order valence-corrected chi connectivity index (χ1v) is 7.97. The number of hydrogen-bond donors (Lipinski definition) is 1. The van der Waals surface area contributed by atoms with E-state index < -0.39 is 5.97 Å². The Balaban J connectivity index is 2.14. The van der Waals surface area contributed by atoms with Gasteiger partial charge in [-0.25, -0.2) is 4.79 Å². The van der Waals surface area contributed by atoms with E-state index in [0.29, 0.717) is 11.3 Å². The van der Waals surface area contributed by atoms with Crippen LogP contribution in [0.4, 0.5) is 0 Å². The van der Waals surface area contributed by atoms with E-state index in [0.717, 1.165) is 37.3 Å². The van der Waals surface area contributed by atoms with Crippen molar-refractivity contribution >= 4 is 16.9 Å². The van der Waals surface area contributed by atoms with Crippen molar-refractivity contribution in [1.82, 2.24) is 14.9 Å². The molecule has 3 heterocycles. The molecule has 6 nitrogen and oxygen atoms in total. The van der Waals surface area contributed by atoms with Gasteiger partial charge < -0.3 is 14.6 Å². The second-order valence-corrected chi connectivity index (χ2v) is 5.95. The molecule has 6 heteroatoms. The smallest absolute Gasteiger partial charge is 0.343 e. The van der Waals surface area contributed by atoms with E-state index in [4.69, 9.17) is 4.74 Å². The molecule has 0 aliphatic carbocycles. The first kappa shape index (κ1) is 15.7. The largest absolute Gasteiger partial charge is 0.462 e. The van der Waals surface area contributed by atoms with Crippen LogP contribution in [0.2, 0.25) is 0 Å². The summed E-state index contributed by atoms with van der Waals surface area (Å²) in [6.45, 7) is 6.52. The van der Waals surface area contributed by atoms with Gasteiger partial charge in [-0.05, 0) is 45.3 Å². The van der Waals surface area contributed by atoms with Crippen LogP contribution in [0.1, 0.15) is 29.4 Å². The van der Waals surface area contributed by atoms with Crippen molar-refractivity contribution in [3.63, 3.8) is 0 Å². The lowest BCUT2D eigenvalue weighted by Crippen LogP contribution is -2.23. The minimum atomic E-state index is -0.563. The molecule has 0 saturated carbocycles. The van der Waals surface area contributed by atoms with Crippen LogP contribution in [0.25, 0.3) is 10.9 Å². The van der Waals surface area contributed by atoms with Crippen LogP contribution in [-0.2, 0) is 11.3 Å². The molecule has 0 unspecified atom stereocenters. The van der Waals surface area contributed by atoms with Crippen molar-refractivity contribution in [3.8, 4) is 0 Å². The third-order valence-corrected chi connectivity index (χ3v) is 4.22. The van der Waals surface area contributed by atoms with Gasteiger partial charge in [-0.2, -0.15) is 0 Å². The lowest BCUT2D eigenvalue weighted by Gasteiger charge is -2.16. The molecule has 0 spiro atoms. The van der Waals surface area contributed by atoms with Crippen LogP contribution in [-0.4, -0.2) is 35.2 Å². The minimum absolute atomic E-state index is 0.0934. The molecule has 1 aliphatic heterocycles. The molecule has 1 fully saturated rings. The number of hydrogen-bond acceptors (Lipinski definition) is 5. The highest BCUT2D eigenvalue weighted by atomic mass is 16.5. The molecule has 0 aromatic carbocycles. The zero-order valence-electron chi connectivity index (χ0n) is 13.5. The monoisotopic (exact) mass is 315 g/mol. The average Bonchev–Trinajstić information content (AvgIpc) is 3.03. The van der Waals surface area contributed by atoms with Gasteiger partial charge in [0.15, 0.2) is 0 Å². The number of carbonyl (C=O) groups excluding carboxylic acids is 1. The zero-order chi connectivity index (χ0) is 16.4. The highest BCUT2D eigenvalue weighted by molar-refractivity contribution is 5.93. The van der Waals surface area contributed by atoms with Crippen molar-refractivity contribution < 1.29 is 9.53 Å². The number of esters is 1. The Bertz CT molecular complexity index is 792. The molecule has 1 aliphatic rings. The lowest BCUT2D eigenvalue weighted by molar-refractivity contribution is 0.0524. The van der Waals surface area contributed by atoms with Crippen molar-refractivity contribution in [2.24, 2.45) is 5.92 Å². The van der Waals surface area contributed by atoms with E-state index >= 15 is 0 Å². The van der Waals surface area contributed by atoms with Crippen molar-refractivity contribution in [2.75, 3.05) is 19.7 Å². The number of nitrogens with zero attached hydrogens (tertiary/aromatic N) is 2. The molecular formula is C17H21N3O3. The van der Waals surface area contributed by atoms with Gasteiger partial charge in [-0.1, -0.05) is 0 Å². The SMILES string of the molecule is CCOC(=O)c1cn(C[C@H]2CCNC2)c2cnc(C)cc2c1=O. The zero-order valence-corrected chi connectivity index (χ0v) is 13.5. The van der Waals surface area contributed by atoms with Gasteiger partial charge in [0.25, 0.3) is 0 Å². The van der Waals surface area contributed by atoms with E-state index in [1.54, 1.807) is 25.4 Å². The number of fused-ring (bicyclic) bond motifs is 1. The molecule has 3 rings (SSSR count). The van der Waals surface area contributed by atoms with Gasteiger partial charge in [-0.3, -0.25) is 9.78 Å². The van der Waals surface area contributed by atoms with Crippen LogP contribution in [0.5, 0.6) is 0 Å². The van der Waals surface area contributed by atoms with E-state index in [1.165, 1.54) is 0 Å². The fourth-order valence-electron chi connectivity index (χ4n) is 3.05. The Morgan fingerprint density at radius 1 is 1.52 bits per heavy atom. The lowest BCUT2D eigenvalue weighted by atomic mass is 10.1. The Hall–Kier alpha value is -2.21. The molecular weight excluding hydrogens is 294 g/mol. The summed E-state index contributed by atoms with van der Waals surface area (Å²) in [5, 5.41) is 3.86. The maximum atomic E-state index is 12.6. The molecule has 1 N–H and O–H groups in total. The molecule has 0 bridgehead atoms. The Morgan fingerprint density at radius 3 is 3.04 bits per heavy atom. The maximum absolute atomic E-state index is 12.6. The average molecular weight is 315 g/mol. The summed E-state index contributed by atoms with van der Waals surface area (Å²) < 4.78 is 7.00. The summed E-state index contributed by atoms with van der Waals surface area (Å²) in [6, 6.07) is 1.74. The number of ether oxygens (including phenoxy) is 1. The second kappa shape index (κ2) is 6.50. The van der Waals surface area contributed by atoms with Gasteiger partial charge in [0.1, 0.15) is 5.56 Å². The Morgan fingerprint density at radius 2 is 2.35 bits per heavy atom. The predicted octanol–water partition coefficient (Wildman–Crippen LogP) is 1.49. The van der Waals surface area contributed by atoms with E-state index in [-0.39, 0.29) is 17.6 Å². The van der Waals surface area contributed by atoms with Crippen LogP contribution >= 0.6 is 0 Å². The van der Waals surface area contributed by atoms with Gasteiger partial charge in [0, 0.05) is 23.8 Å². The summed E-state index contributed by atoms with van der Waals surface area (Å²) in [4.78, 5) is 29.1. The molecule has 2 aromatic heterocycles. The normalized spacial score (nSPS) is 17.6. The third kappa shape index (κ3) is 3.12. The first-order chi connectivity index (χ1) is 11.1. The van der Waals surface area contributed by atoms with Gasteiger partial charge in [-0.15, -0.1) is 0 Å². The molecule has 122 valence electrons. The fraction of sp³-hybridized carbons (Fsp3) is 0.471. The quantitative estimate of drug-likeness (QED) is 0.866. The summed E-state index contributed by atoms with van der Waals surface area (Å²) in [5.41, 5.74) is 1.32. The highest BCUT2D eigenvalue weighted by Gasteiger charge is 2.20. The van der Waals surface area contributed by atoms with E-state index in [2.05, 4.69) is 10.3 Å². The number of nitrogens with one attached hydrogen (secondary N) is 1. The van der Waals surface area contributed by atoms with Crippen molar-refractivity contribution in [3.05, 3.63) is 39.9 Å². The minimum Gasteiger partial charge on any atom is -0.462 e. The first-order valence-electron chi connectivity index (χ1n) is 7.97. The molecule has 2 aromatic rings. The number of aromatic nitrogens is 2. The van der Waals surface area contributed by atoms with Crippen LogP contribution in [0.3, 0.4) is 0 Å². The van der Waals surface area contributed by atoms with Crippen LogP contribution in [0, 0.1) is 12.8 Å². The van der Waals surface area contributed by atoms with E-state index in [9.17, 15) is 9.59 Å². The summed E-state index contributed by atoms with van der Waals surface area (Å²) >= 11 is 0. The standard InChI is InChI=1S/C17H21N3O3/c1-3-23-17(22)14-10-20(9-12-4-5-18-7-12)15-8-19-11(2)6-13(15)16(14)21/h6,8,10,12,18H,3-5,7,9H2,1-2H3/t12-/m0/s1. The van der Waals surface area contributed by atoms with Gasteiger partial charge in [0.05, 0.1) is 18.3 Å². The van der Waals surface area contributed by atoms with Gasteiger partial charge in [0.2, 0.25) is 5.43 Å². The Kier molecular flexibility index (Phi) is 4.43. The van der Waals surface area contributed by atoms with E-state index in [1.807, 2.05) is 11.5 Å². The second-order valence-electron chi connectivity index (χ2n) is 5.95. The fourth-order valence-corrected chi connectivity index (χ4v) is 3.05. The predicted molar refractivity (Wildman–Crippen MR) is 87.7 cm³/mol. The molecule has 1 atom stereocenters. The maximum Gasteiger partial charge on any atom is 0.343 e. The molecule has 23 heavy (non-hydrogen) atoms. The highest BCUT2D eigenvalue weighted by Crippen LogP contribution is 2.17. The molecule has 1 saturated heterocycles. The summed E-state index contributed by atoms with van der Waals surface area (Å²) in [5.74, 6) is -0.0794. The Labute approximate surface area is 134 Å². The van der Waals surface area contributed by atoms with Gasteiger partial charge >= 0.3 is 5.97 Å². The topological polar surface area (TPSA) is 73.2 Å². The molecule has 0 amide bonds. The molecule has 0 radical (unpaired) electrons. The van der Waals surface area contributed by atoms with Crippen molar-refractivity contribution in [1.29, 1.82) is 0 Å². The number of carbonyl (C=O) groups is 1. The number of pyridine rings is 2. The van der Waals surface area contributed by atoms with Crippen LogP contribution in [0.15, 0.2) is 23.3 Å². The number of rotatable bonds is 4. The summed E-state index contributed by atoms with van der Waals surface area (Å²) in [6.07, 6.45) is 4.42. The number of aryl methyl sites for hydroxylation is 1. The summed E-state index contributed by atoms with van der Waals surface area (Å²) in [7, 11) is 0. The third-order valence-electron chi connectivity index (χ3n) is 4.22. The van der Waals surface area contributed by atoms with Crippen LogP contribution < -0.4 is 10.7 Å².